The van der Waals surface area contributed by atoms with E-state index in [1.165, 1.54) is 45.2 Å². The van der Waals surface area contributed by atoms with Crippen LogP contribution in [0.3, 0.4) is 0 Å². The van der Waals surface area contributed by atoms with Crippen molar-refractivity contribution >= 4 is 0 Å². The number of nitrogens with two attached hydrogens (primary N) is 1. The second kappa shape index (κ2) is 3.77. The third-order valence-corrected chi connectivity index (χ3v) is 2.26. The van der Waals surface area contributed by atoms with E-state index in [1.54, 1.807) is 0 Å². The molecule has 1 aromatic rings. The fraction of sp³-hybridized carbons (Fsp3) is 0.455. The molecule has 0 saturated heterocycles. The molecule has 0 saturated carbocycles. The molecule has 1 aromatic carbocycles. The fourth-order valence-electron chi connectivity index (χ4n) is 1.17. The van der Waals surface area contributed by atoms with Crippen molar-refractivity contribution in [2.24, 2.45) is 5.73 Å². The maximum atomic E-state index is 13.7. The summed E-state index contributed by atoms with van der Waals surface area (Å²) in [6.07, 6.45) is 0. The summed E-state index contributed by atoms with van der Waals surface area (Å²) in [5.74, 6) is -2.51. The van der Waals surface area contributed by atoms with E-state index in [0.717, 1.165) is 0 Å². The van der Waals surface area contributed by atoms with Crippen LogP contribution in [0, 0.1) is 0 Å². The molecule has 0 aromatic heterocycles. The standard InChI is InChI=1S/C11H15F2NO/c1-10(2,14)11(12,13)8-4-6-9(15-3)7-5-8/h4-7H,14H2,1-3H3. The molecule has 4 heteroatoms. The van der Waals surface area contributed by atoms with Crippen LogP contribution in [0.25, 0.3) is 0 Å². The molecule has 0 unspecified atom stereocenters. The summed E-state index contributed by atoms with van der Waals surface area (Å²) in [5, 5.41) is 0. The maximum Gasteiger partial charge on any atom is 0.290 e. The topological polar surface area (TPSA) is 35.2 Å². The predicted molar refractivity (Wildman–Crippen MR) is 55.2 cm³/mol. The van der Waals surface area contributed by atoms with Crippen LogP contribution in [-0.4, -0.2) is 12.6 Å². The Morgan fingerprint density at radius 1 is 1.13 bits per heavy atom. The second-order valence-corrected chi connectivity index (χ2v) is 4.02. The van der Waals surface area contributed by atoms with Crippen LogP contribution in [0.2, 0.25) is 0 Å². The number of methoxy groups -OCH3 is 1. The lowest BCUT2D eigenvalue weighted by Crippen LogP contribution is -2.48. The average Bonchev–Trinajstić information content (AvgIpc) is 2.16. The van der Waals surface area contributed by atoms with Gasteiger partial charge < -0.3 is 10.5 Å². The first kappa shape index (κ1) is 11.9. The monoisotopic (exact) mass is 215 g/mol. The van der Waals surface area contributed by atoms with E-state index in [9.17, 15) is 8.78 Å². The number of rotatable bonds is 3. The molecular weight excluding hydrogens is 200 g/mol. The van der Waals surface area contributed by atoms with Crippen molar-refractivity contribution in [1.29, 1.82) is 0 Å². The van der Waals surface area contributed by atoms with E-state index in [2.05, 4.69) is 0 Å². The zero-order valence-corrected chi connectivity index (χ0v) is 9.05. The summed E-state index contributed by atoms with van der Waals surface area (Å²) in [6, 6.07) is 5.64. The van der Waals surface area contributed by atoms with Crippen molar-refractivity contribution in [3.63, 3.8) is 0 Å². The van der Waals surface area contributed by atoms with Crippen LogP contribution in [0.4, 0.5) is 8.78 Å². The smallest absolute Gasteiger partial charge is 0.290 e. The number of alkyl halides is 2. The summed E-state index contributed by atoms with van der Waals surface area (Å²) < 4.78 is 32.4. The van der Waals surface area contributed by atoms with Gasteiger partial charge in [-0.25, -0.2) is 0 Å². The van der Waals surface area contributed by atoms with E-state index >= 15 is 0 Å². The molecule has 0 heterocycles. The molecule has 0 amide bonds. The first-order valence-corrected chi connectivity index (χ1v) is 4.60. The Balaban J connectivity index is 3.06. The molecule has 15 heavy (non-hydrogen) atoms. The Bertz CT molecular complexity index is 327. The predicted octanol–water partition coefficient (Wildman–Crippen LogP) is 2.52. The quantitative estimate of drug-likeness (QED) is 0.840. The Kier molecular flexibility index (Phi) is 3.00. The van der Waals surface area contributed by atoms with E-state index in [-0.39, 0.29) is 5.56 Å². The van der Waals surface area contributed by atoms with Crippen molar-refractivity contribution in [3.8, 4) is 5.75 Å². The SMILES string of the molecule is COc1ccc(C(F)(F)C(C)(C)N)cc1. The van der Waals surface area contributed by atoms with Crippen molar-refractivity contribution in [1.82, 2.24) is 0 Å². The van der Waals surface area contributed by atoms with Crippen LogP contribution < -0.4 is 10.5 Å². The molecule has 0 radical (unpaired) electrons. The van der Waals surface area contributed by atoms with Crippen molar-refractivity contribution < 1.29 is 13.5 Å². The molecule has 0 aliphatic rings. The molecule has 0 atom stereocenters. The number of benzene rings is 1. The van der Waals surface area contributed by atoms with Crippen LogP contribution in [-0.2, 0) is 5.92 Å². The third kappa shape index (κ3) is 2.26. The first-order chi connectivity index (χ1) is 6.79. The van der Waals surface area contributed by atoms with Gasteiger partial charge in [0.2, 0.25) is 0 Å². The van der Waals surface area contributed by atoms with Gasteiger partial charge in [0.25, 0.3) is 5.92 Å². The van der Waals surface area contributed by atoms with Gasteiger partial charge in [-0.05, 0) is 38.1 Å². The Morgan fingerprint density at radius 3 is 1.93 bits per heavy atom. The lowest BCUT2D eigenvalue weighted by Gasteiger charge is -2.30. The van der Waals surface area contributed by atoms with E-state index in [4.69, 9.17) is 10.5 Å². The van der Waals surface area contributed by atoms with Gasteiger partial charge in [-0.1, -0.05) is 0 Å². The summed E-state index contributed by atoms with van der Waals surface area (Å²) in [6.45, 7) is 2.61. The average molecular weight is 215 g/mol. The molecule has 2 N–H and O–H groups in total. The molecule has 0 spiro atoms. The summed E-state index contributed by atoms with van der Waals surface area (Å²) in [7, 11) is 1.49. The molecule has 0 aliphatic heterocycles. The van der Waals surface area contributed by atoms with Crippen LogP contribution in [0.1, 0.15) is 19.4 Å². The highest BCUT2D eigenvalue weighted by atomic mass is 19.3. The van der Waals surface area contributed by atoms with Crippen LogP contribution >= 0.6 is 0 Å². The van der Waals surface area contributed by atoms with Gasteiger partial charge in [-0.2, -0.15) is 8.78 Å². The molecule has 2 nitrogen and oxygen atoms in total. The highest BCUT2D eigenvalue weighted by Gasteiger charge is 2.45. The first-order valence-electron chi connectivity index (χ1n) is 4.60. The minimum atomic E-state index is -3.06. The van der Waals surface area contributed by atoms with Gasteiger partial charge in [0.05, 0.1) is 12.6 Å². The minimum absolute atomic E-state index is 0.101. The summed E-state index contributed by atoms with van der Waals surface area (Å²) >= 11 is 0. The molecule has 84 valence electrons. The highest BCUT2D eigenvalue weighted by Crippen LogP contribution is 2.37. The Morgan fingerprint density at radius 2 is 1.60 bits per heavy atom. The zero-order chi connectivity index (χ0) is 11.7. The minimum Gasteiger partial charge on any atom is -0.497 e. The van der Waals surface area contributed by atoms with Gasteiger partial charge in [0.1, 0.15) is 5.75 Å². The normalized spacial score (nSPS) is 12.7. The Hall–Kier alpha value is -1.16. The summed E-state index contributed by atoms with van der Waals surface area (Å²) in [5.41, 5.74) is 3.75. The lowest BCUT2D eigenvalue weighted by molar-refractivity contribution is -0.0672. The third-order valence-electron chi connectivity index (χ3n) is 2.26. The zero-order valence-electron chi connectivity index (χ0n) is 9.05. The van der Waals surface area contributed by atoms with Gasteiger partial charge in [-0.15, -0.1) is 0 Å². The molecule has 1 rings (SSSR count). The fourth-order valence-corrected chi connectivity index (χ4v) is 1.17. The van der Waals surface area contributed by atoms with Crippen LogP contribution in [0.15, 0.2) is 24.3 Å². The number of ether oxygens (including phenoxy) is 1. The number of halogens is 2. The van der Waals surface area contributed by atoms with Gasteiger partial charge in [0, 0.05) is 5.56 Å². The molecule has 0 fully saturated rings. The number of hydrogen-bond acceptors (Lipinski definition) is 2. The van der Waals surface area contributed by atoms with Crippen molar-refractivity contribution in [3.05, 3.63) is 29.8 Å². The maximum absolute atomic E-state index is 13.7. The van der Waals surface area contributed by atoms with Crippen molar-refractivity contribution in [2.45, 2.75) is 25.3 Å². The van der Waals surface area contributed by atoms with Crippen LogP contribution in [0.5, 0.6) is 5.75 Å². The molecular formula is C11H15F2NO. The van der Waals surface area contributed by atoms with Gasteiger partial charge in [-0.3, -0.25) is 0 Å². The van der Waals surface area contributed by atoms with Gasteiger partial charge >= 0.3 is 0 Å². The lowest BCUT2D eigenvalue weighted by atomic mass is 9.91. The Labute approximate surface area is 88.0 Å². The molecule has 0 bridgehead atoms. The van der Waals surface area contributed by atoms with E-state index < -0.39 is 11.5 Å². The summed E-state index contributed by atoms with van der Waals surface area (Å²) in [4.78, 5) is 0. The second-order valence-electron chi connectivity index (χ2n) is 4.02. The van der Waals surface area contributed by atoms with Crippen molar-refractivity contribution in [2.75, 3.05) is 7.11 Å². The van der Waals surface area contributed by atoms with Gasteiger partial charge in [0.15, 0.2) is 0 Å². The molecule has 0 aliphatic carbocycles. The highest BCUT2D eigenvalue weighted by molar-refractivity contribution is 5.31. The largest absolute Gasteiger partial charge is 0.497 e. The number of hydrogen-bond donors (Lipinski definition) is 1. The van der Waals surface area contributed by atoms with E-state index in [1.807, 2.05) is 0 Å². The van der Waals surface area contributed by atoms with E-state index in [0.29, 0.717) is 5.75 Å².